The summed E-state index contributed by atoms with van der Waals surface area (Å²) in [5.41, 5.74) is 2.51. The van der Waals surface area contributed by atoms with Gasteiger partial charge in [-0.15, -0.1) is 0 Å². The zero-order valence-corrected chi connectivity index (χ0v) is 10.3. The lowest BCUT2D eigenvalue weighted by molar-refractivity contribution is -0.645. The SMILES string of the molecule is C=CCn1c[n+](C)c2ccccc21.[I-]. The van der Waals surface area contributed by atoms with Gasteiger partial charge in [0, 0.05) is 0 Å². The van der Waals surface area contributed by atoms with E-state index in [0.29, 0.717) is 0 Å². The molecule has 2 nitrogen and oxygen atoms in total. The van der Waals surface area contributed by atoms with Gasteiger partial charge in [-0.25, -0.2) is 9.13 Å². The van der Waals surface area contributed by atoms with Gasteiger partial charge in [0.1, 0.15) is 6.54 Å². The molecule has 74 valence electrons. The fourth-order valence-electron chi connectivity index (χ4n) is 1.62. The molecule has 0 unspecified atom stereocenters. The first-order valence-corrected chi connectivity index (χ1v) is 4.37. The molecule has 0 saturated heterocycles. The van der Waals surface area contributed by atoms with Crippen molar-refractivity contribution in [1.29, 1.82) is 0 Å². The second kappa shape index (κ2) is 4.59. The summed E-state index contributed by atoms with van der Waals surface area (Å²) in [5.74, 6) is 0. The van der Waals surface area contributed by atoms with E-state index in [1.165, 1.54) is 11.0 Å². The van der Waals surface area contributed by atoms with Gasteiger partial charge >= 0.3 is 0 Å². The number of benzene rings is 1. The number of fused-ring (bicyclic) bond motifs is 1. The van der Waals surface area contributed by atoms with Crippen molar-refractivity contribution in [2.75, 3.05) is 0 Å². The molecule has 0 atom stereocenters. The Balaban J connectivity index is 0.000000980. The number of halogens is 1. The molecule has 1 heterocycles. The number of aryl methyl sites for hydroxylation is 1. The van der Waals surface area contributed by atoms with E-state index in [1.54, 1.807) is 0 Å². The van der Waals surface area contributed by atoms with Crippen LogP contribution < -0.4 is 28.5 Å². The van der Waals surface area contributed by atoms with E-state index in [4.69, 9.17) is 0 Å². The zero-order valence-electron chi connectivity index (χ0n) is 8.15. The summed E-state index contributed by atoms with van der Waals surface area (Å²) < 4.78 is 4.31. The van der Waals surface area contributed by atoms with Crippen LogP contribution >= 0.6 is 0 Å². The fourth-order valence-corrected chi connectivity index (χ4v) is 1.62. The van der Waals surface area contributed by atoms with Gasteiger partial charge in [-0.3, -0.25) is 0 Å². The molecule has 0 aliphatic carbocycles. The van der Waals surface area contributed by atoms with Gasteiger partial charge in [0.25, 0.3) is 0 Å². The van der Waals surface area contributed by atoms with E-state index in [2.05, 4.69) is 53.4 Å². The Hall–Kier alpha value is -0.840. The van der Waals surface area contributed by atoms with Gasteiger partial charge in [0.2, 0.25) is 6.33 Å². The Labute approximate surface area is 101 Å². The van der Waals surface area contributed by atoms with Crippen molar-refractivity contribution in [2.24, 2.45) is 7.05 Å². The second-order valence-electron chi connectivity index (χ2n) is 3.16. The third-order valence-corrected chi connectivity index (χ3v) is 2.21. The van der Waals surface area contributed by atoms with E-state index >= 15 is 0 Å². The van der Waals surface area contributed by atoms with E-state index in [1.807, 2.05) is 6.08 Å². The number of para-hydroxylation sites is 2. The molecule has 2 aromatic rings. The molecule has 3 heteroatoms. The highest BCUT2D eigenvalue weighted by Gasteiger charge is 2.09. The Morgan fingerprint density at radius 1 is 1.43 bits per heavy atom. The largest absolute Gasteiger partial charge is 1.00 e. The number of imidazole rings is 1. The fraction of sp³-hybridized carbons (Fsp3) is 0.182. The monoisotopic (exact) mass is 300 g/mol. The minimum absolute atomic E-state index is 0. The summed E-state index contributed by atoms with van der Waals surface area (Å²) in [4.78, 5) is 0. The Bertz CT molecular complexity index is 445. The number of aromatic nitrogens is 2. The number of hydrogen-bond acceptors (Lipinski definition) is 0. The van der Waals surface area contributed by atoms with Crippen LogP contribution in [0.5, 0.6) is 0 Å². The van der Waals surface area contributed by atoms with Crippen molar-refractivity contribution in [2.45, 2.75) is 6.54 Å². The summed E-state index contributed by atoms with van der Waals surface area (Å²) in [6.07, 6.45) is 4.00. The third-order valence-electron chi connectivity index (χ3n) is 2.21. The maximum Gasteiger partial charge on any atom is 0.244 e. The van der Waals surface area contributed by atoms with Gasteiger partial charge in [-0.05, 0) is 12.1 Å². The van der Waals surface area contributed by atoms with Crippen LogP contribution in [-0.2, 0) is 13.6 Å². The van der Waals surface area contributed by atoms with E-state index in [-0.39, 0.29) is 24.0 Å². The summed E-state index contributed by atoms with van der Waals surface area (Å²) in [6, 6.07) is 8.36. The molecule has 0 amide bonds. The first-order valence-electron chi connectivity index (χ1n) is 4.37. The van der Waals surface area contributed by atoms with Gasteiger partial charge < -0.3 is 24.0 Å². The quantitative estimate of drug-likeness (QED) is 0.369. The minimum atomic E-state index is 0. The highest BCUT2D eigenvalue weighted by Crippen LogP contribution is 2.09. The minimum Gasteiger partial charge on any atom is -1.00 e. The normalized spacial score (nSPS) is 9.79. The van der Waals surface area contributed by atoms with Crippen molar-refractivity contribution in [3.63, 3.8) is 0 Å². The number of rotatable bonds is 2. The van der Waals surface area contributed by atoms with Crippen LogP contribution in [-0.4, -0.2) is 4.57 Å². The Morgan fingerprint density at radius 2 is 2.14 bits per heavy atom. The smallest absolute Gasteiger partial charge is 0.244 e. The summed E-state index contributed by atoms with van der Waals surface area (Å²) in [6.45, 7) is 4.60. The van der Waals surface area contributed by atoms with Crippen LogP contribution in [0.2, 0.25) is 0 Å². The second-order valence-corrected chi connectivity index (χ2v) is 3.16. The first-order chi connectivity index (χ1) is 6.33. The molecule has 0 radical (unpaired) electrons. The van der Waals surface area contributed by atoms with E-state index < -0.39 is 0 Å². The zero-order chi connectivity index (χ0) is 9.26. The maximum absolute atomic E-state index is 3.74. The standard InChI is InChI=1S/C11H13N2.HI/c1-3-8-13-9-12(2)10-6-4-5-7-11(10)13;/h3-7,9H,1,8H2,2H3;1H/q+1;/p-1. The molecule has 0 spiro atoms. The van der Waals surface area contributed by atoms with Crippen molar-refractivity contribution in [3.05, 3.63) is 43.2 Å². The molecule has 0 N–H and O–H groups in total. The van der Waals surface area contributed by atoms with Crippen LogP contribution in [0.15, 0.2) is 43.2 Å². The van der Waals surface area contributed by atoms with Gasteiger partial charge in [0.05, 0.1) is 7.05 Å². The van der Waals surface area contributed by atoms with Crippen LogP contribution in [0.3, 0.4) is 0 Å². The average molecular weight is 300 g/mol. The van der Waals surface area contributed by atoms with Crippen molar-refractivity contribution >= 4 is 11.0 Å². The molecule has 0 aliphatic heterocycles. The molecule has 0 aliphatic rings. The Kier molecular flexibility index (Phi) is 3.69. The average Bonchev–Trinajstić information content (AvgIpc) is 2.46. The summed E-state index contributed by atoms with van der Waals surface area (Å²) >= 11 is 0. The molecule has 2 rings (SSSR count). The Morgan fingerprint density at radius 3 is 2.86 bits per heavy atom. The molecular formula is C11H13IN2. The molecule has 1 aromatic heterocycles. The molecule has 1 aromatic carbocycles. The molecule has 0 fully saturated rings. The van der Waals surface area contributed by atoms with Crippen LogP contribution in [0.25, 0.3) is 11.0 Å². The molecular weight excluding hydrogens is 287 g/mol. The topological polar surface area (TPSA) is 8.81 Å². The number of hydrogen-bond donors (Lipinski definition) is 0. The lowest BCUT2D eigenvalue weighted by Crippen LogP contribution is -3.00. The van der Waals surface area contributed by atoms with Gasteiger partial charge in [0.15, 0.2) is 11.0 Å². The van der Waals surface area contributed by atoms with Crippen molar-refractivity contribution in [3.8, 4) is 0 Å². The molecule has 0 bridgehead atoms. The number of allylic oxidation sites excluding steroid dienone is 1. The van der Waals surface area contributed by atoms with Crippen LogP contribution in [0, 0.1) is 0 Å². The first kappa shape index (κ1) is 11.2. The van der Waals surface area contributed by atoms with Crippen LogP contribution in [0.4, 0.5) is 0 Å². The van der Waals surface area contributed by atoms with Crippen molar-refractivity contribution < 1.29 is 28.5 Å². The summed E-state index contributed by atoms with van der Waals surface area (Å²) in [5, 5.41) is 0. The predicted octanol–water partition coefficient (Wildman–Crippen LogP) is -1.34. The predicted molar refractivity (Wildman–Crippen MR) is 53.3 cm³/mol. The molecule has 0 saturated carbocycles. The number of nitrogens with zero attached hydrogens (tertiary/aromatic N) is 2. The molecule has 14 heavy (non-hydrogen) atoms. The van der Waals surface area contributed by atoms with E-state index in [0.717, 1.165) is 6.54 Å². The summed E-state index contributed by atoms with van der Waals surface area (Å²) in [7, 11) is 2.06. The third kappa shape index (κ3) is 1.82. The highest BCUT2D eigenvalue weighted by atomic mass is 127. The van der Waals surface area contributed by atoms with Gasteiger partial charge in [-0.2, -0.15) is 0 Å². The lowest BCUT2D eigenvalue weighted by Gasteiger charge is -1.89. The van der Waals surface area contributed by atoms with Crippen molar-refractivity contribution in [1.82, 2.24) is 4.57 Å². The van der Waals surface area contributed by atoms with Crippen LogP contribution in [0.1, 0.15) is 0 Å². The highest BCUT2D eigenvalue weighted by molar-refractivity contribution is 5.71. The maximum atomic E-state index is 3.74. The van der Waals surface area contributed by atoms with E-state index in [9.17, 15) is 0 Å². The van der Waals surface area contributed by atoms with Gasteiger partial charge in [-0.1, -0.05) is 24.8 Å². The lowest BCUT2D eigenvalue weighted by atomic mass is 10.3.